The van der Waals surface area contributed by atoms with Crippen LogP contribution in [0.25, 0.3) is 0 Å². The molecule has 0 aromatic carbocycles. The molecule has 146 valence electrons. The standard InChI is InChI=1S/C16H17F3N4O3S/c17-16(18,19)10-3-4-12(20-6-10)22-5-1-2-11(7-22)21-13(24)8-23-14(25)9-27-15(23)26/h3-4,6,11H,1-2,5,7-9H2,(H,21,24)/t11-/m0/s1. The van der Waals surface area contributed by atoms with Crippen LogP contribution in [-0.2, 0) is 15.8 Å². The number of carbonyl (C=O) groups is 3. The molecule has 0 bridgehead atoms. The van der Waals surface area contributed by atoms with Gasteiger partial charge in [-0.15, -0.1) is 0 Å². The van der Waals surface area contributed by atoms with Gasteiger partial charge in [0.1, 0.15) is 12.4 Å². The number of imide groups is 1. The molecule has 3 amide bonds. The summed E-state index contributed by atoms with van der Waals surface area (Å²) >= 11 is 0.863. The van der Waals surface area contributed by atoms with Gasteiger partial charge in [-0.05, 0) is 25.0 Å². The first kappa shape index (κ1) is 19.5. The van der Waals surface area contributed by atoms with Gasteiger partial charge < -0.3 is 10.2 Å². The van der Waals surface area contributed by atoms with Gasteiger partial charge in [0.05, 0.1) is 11.3 Å². The van der Waals surface area contributed by atoms with E-state index in [9.17, 15) is 27.6 Å². The number of alkyl halides is 3. The highest BCUT2D eigenvalue weighted by atomic mass is 32.2. The van der Waals surface area contributed by atoms with Crippen molar-refractivity contribution in [1.82, 2.24) is 15.2 Å². The van der Waals surface area contributed by atoms with Gasteiger partial charge in [0.15, 0.2) is 0 Å². The molecule has 0 spiro atoms. The van der Waals surface area contributed by atoms with Crippen molar-refractivity contribution in [2.75, 3.05) is 30.3 Å². The molecule has 0 aliphatic carbocycles. The van der Waals surface area contributed by atoms with Gasteiger partial charge in [0.25, 0.3) is 5.24 Å². The Balaban J connectivity index is 1.57. The van der Waals surface area contributed by atoms with E-state index in [1.807, 2.05) is 0 Å². The van der Waals surface area contributed by atoms with Crippen molar-refractivity contribution in [1.29, 1.82) is 0 Å². The Labute approximate surface area is 157 Å². The van der Waals surface area contributed by atoms with Gasteiger partial charge in [-0.3, -0.25) is 19.3 Å². The summed E-state index contributed by atoms with van der Waals surface area (Å²) in [6.45, 7) is 0.685. The number of pyridine rings is 1. The van der Waals surface area contributed by atoms with E-state index in [1.54, 1.807) is 4.90 Å². The lowest BCUT2D eigenvalue weighted by Crippen LogP contribution is -2.50. The lowest BCUT2D eigenvalue weighted by Gasteiger charge is -2.34. The highest BCUT2D eigenvalue weighted by Gasteiger charge is 2.33. The minimum absolute atomic E-state index is 0.0446. The highest BCUT2D eigenvalue weighted by Crippen LogP contribution is 2.29. The second kappa shape index (κ2) is 7.75. The van der Waals surface area contributed by atoms with Crippen molar-refractivity contribution in [3.05, 3.63) is 23.9 Å². The summed E-state index contributed by atoms with van der Waals surface area (Å²) in [4.78, 5) is 41.8. The van der Waals surface area contributed by atoms with E-state index < -0.39 is 22.9 Å². The van der Waals surface area contributed by atoms with E-state index in [4.69, 9.17) is 0 Å². The summed E-state index contributed by atoms with van der Waals surface area (Å²) in [5, 5.41) is 2.34. The van der Waals surface area contributed by atoms with Gasteiger partial charge in [-0.25, -0.2) is 4.98 Å². The fraction of sp³-hybridized carbons (Fsp3) is 0.500. The Kier molecular flexibility index (Phi) is 5.59. The molecule has 2 aliphatic rings. The Bertz CT molecular complexity index is 725. The second-order valence-corrected chi connectivity index (χ2v) is 7.22. The predicted molar refractivity (Wildman–Crippen MR) is 92.2 cm³/mol. The number of anilines is 1. The Morgan fingerprint density at radius 2 is 2.11 bits per heavy atom. The normalized spacial score (nSPS) is 20.9. The monoisotopic (exact) mass is 402 g/mol. The number of aromatic nitrogens is 1. The Morgan fingerprint density at radius 1 is 1.33 bits per heavy atom. The van der Waals surface area contributed by atoms with E-state index >= 15 is 0 Å². The van der Waals surface area contributed by atoms with Gasteiger partial charge in [0.2, 0.25) is 11.8 Å². The van der Waals surface area contributed by atoms with Crippen LogP contribution in [0.15, 0.2) is 18.3 Å². The van der Waals surface area contributed by atoms with Crippen LogP contribution in [-0.4, -0.2) is 58.4 Å². The maximum Gasteiger partial charge on any atom is 0.417 e. The molecule has 27 heavy (non-hydrogen) atoms. The van der Waals surface area contributed by atoms with Crippen molar-refractivity contribution in [2.24, 2.45) is 0 Å². The Hall–Kier alpha value is -2.30. The van der Waals surface area contributed by atoms with Gasteiger partial charge in [-0.1, -0.05) is 11.8 Å². The molecule has 3 heterocycles. The van der Waals surface area contributed by atoms with Crippen LogP contribution in [0.1, 0.15) is 18.4 Å². The van der Waals surface area contributed by atoms with E-state index in [-0.39, 0.29) is 24.2 Å². The third kappa shape index (κ3) is 4.71. The molecular weight excluding hydrogens is 385 g/mol. The molecule has 1 aromatic heterocycles. The first-order valence-electron chi connectivity index (χ1n) is 8.29. The zero-order valence-electron chi connectivity index (χ0n) is 14.2. The molecule has 0 saturated carbocycles. The van der Waals surface area contributed by atoms with Crippen LogP contribution < -0.4 is 10.2 Å². The molecule has 1 aromatic rings. The smallest absolute Gasteiger partial charge is 0.355 e. The fourth-order valence-electron chi connectivity index (χ4n) is 2.99. The number of piperidine rings is 1. The maximum absolute atomic E-state index is 12.6. The van der Waals surface area contributed by atoms with Crippen LogP contribution in [0.4, 0.5) is 23.8 Å². The molecular formula is C16H17F3N4O3S. The minimum atomic E-state index is -4.44. The van der Waals surface area contributed by atoms with Crippen molar-refractivity contribution in [2.45, 2.75) is 25.1 Å². The summed E-state index contributed by atoms with van der Waals surface area (Å²) < 4.78 is 37.9. The average molecular weight is 402 g/mol. The summed E-state index contributed by atoms with van der Waals surface area (Å²) in [5.74, 6) is -0.378. The van der Waals surface area contributed by atoms with E-state index in [2.05, 4.69) is 10.3 Å². The largest absolute Gasteiger partial charge is 0.417 e. The molecule has 2 fully saturated rings. The number of thioether (sulfide) groups is 1. The first-order chi connectivity index (χ1) is 12.7. The summed E-state index contributed by atoms with van der Waals surface area (Å²) in [5.41, 5.74) is -0.814. The van der Waals surface area contributed by atoms with Gasteiger partial charge >= 0.3 is 6.18 Å². The molecule has 0 radical (unpaired) electrons. The molecule has 11 heteroatoms. The number of hydrogen-bond acceptors (Lipinski definition) is 6. The zero-order valence-corrected chi connectivity index (χ0v) is 15.0. The third-order valence-electron chi connectivity index (χ3n) is 4.33. The lowest BCUT2D eigenvalue weighted by atomic mass is 10.1. The minimum Gasteiger partial charge on any atom is -0.355 e. The van der Waals surface area contributed by atoms with Crippen molar-refractivity contribution in [3.63, 3.8) is 0 Å². The number of rotatable bonds is 4. The molecule has 1 N–H and O–H groups in total. The fourth-order valence-corrected chi connectivity index (χ4v) is 3.72. The third-order valence-corrected chi connectivity index (χ3v) is 5.19. The Morgan fingerprint density at radius 3 is 2.70 bits per heavy atom. The number of carbonyl (C=O) groups excluding carboxylic acids is 3. The quantitative estimate of drug-likeness (QED) is 0.828. The molecule has 7 nitrogen and oxygen atoms in total. The lowest BCUT2D eigenvalue weighted by molar-refractivity contribution is -0.137. The number of nitrogens with zero attached hydrogens (tertiary/aromatic N) is 3. The molecule has 2 saturated heterocycles. The zero-order chi connectivity index (χ0) is 19.6. The summed E-state index contributed by atoms with van der Waals surface area (Å²) in [7, 11) is 0. The predicted octanol–water partition coefficient (Wildman–Crippen LogP) is 1.88. The van der Waals surface area contributed by atoms with Gasteiger partial charge in [-0.2, -0.15) is 13.2 Å². The molecule has 0 unspecified atom stereocenters. The van der Waals surface area contributed by atoms with Crippen LogP contribution in [0.3, 0.4) is 0 Å². The van der Waals surface area contributed by atoms with Crippen molar-refractivity contribution in [3.8, 4) is 0 Å². The van der Waals surface area contributed by atoms with Crippen LogP contribution in [0.2, 0.25) is 0 Å². The average Bonchev–Trinajstić information content (AvgIpc) is 2.93. The van der Waals surface area contributed by atoms with E-state index in [0.717, 1.165) is 35.3 Å². The summed E-state index contributed by atoms with van der Waals surface area (Å²) in [6, 6.07) is 2.05. The van der Waals surface area contributed by atoms with Crippen molar-refractivity contribution >= 4 is 34.6 Å². The van der Waals surface area contributed by atoms with Gasteiger partial charge in [0, 0.05) is 25.3 Å². The number of nitrogens with one attached hydrogen (secondary N) is 1. The molecule has 1 atom stereocenters. The van der Waals surface area contributed by atoms with Crippen LogP contribution >= 0.6 is 11.8 Å². The topological polar surface area (TPSA) is 82.6 Å². The maximum atomic E-state index is 12.6. The van der Waals surface area contributed by atoms with Crippen LogP contribution in [0.5, 0.6) is 0 Å². The molecule has 3 rings (SSSR count). The second-order valence-electron chi connectivity index (χ2n) is 6.29. The highest BCUT2D eigenvalue weighted by molar-refractivity contribution is 8.14. The number of hydrogen-bond donors (Lipinski definition) is 1. The SMILES string of the molecule is O=C(CN1C(=O)CSC1=O)N[C@H]1CCCN(c2ccc(C(F)(F)F)cn2)C1. The van der Waals surface area contributed by atoms with E-state index in [1.165, 1.54) is 6.07 Å². The van der Waals surface area contributed by atoms with Crippen molar-refractivity contribution < 1.29 is 27.6 Å². The first-order valence-corrected chi connectivity index (χ1v) is 9.27. The van der Waals surface area contributed by atoms with Crippen LogP contribution in [0, 0.1) is 0 Å². The van der Waals surface area contributed by atoms with E-state index in [0.29, 0.717) is 25.3 Å². The number of amides is 3. The molecule has 2 aliphatic heterocycles. The summed E-state index contributed by atoms with van der Waals surface area (Å²) in [6.07, 6.45) is -2.23. The number of halogens is 3.